The van der Waals surface area contributed by atoms with E-state index in [4.69, 9.17) is 23.0 Å². The number of hydrogen-bond acceptors (Lipinski definition) is 6. The zero-order chi connectivity index (χ0) is 27.9. The number of rotatable bonds is 4. The second kappa shape index (κ2) is 11.9. The molecule has 1 aliphatic rings. The minimum atomic E-state index is -5.08. The molecule has 3 aromatic rings. The Morgan fingerprint density at radius 1 is 1.18 bits per heavy atom. The van der Waals surface area contributed by atoms with E-state index in [0.717, 1.165) is 31.7 Å². The van der Waals surface area contributed by atoms with Crippen molar-refractivity contribution in [2.24, 2.45) is 0 Å². The monoisotopic (exact) mass is 526 g/mol. The third-order valence-electron chi connectivity index (χ3n) is 5.36. The fourth-order valence-corrected chi connectivity index (χ4v) is 3.64. The largest absolute Gasteiger partial charge is 0.490 e. The van der Waals surface area contributed by atoms with E-state index in [0.29, 0.717) is 23.7 Å². The van der Waals surface area contributed by atoms with Crippen LogP contribution in [0.1, 0.15) is 12.5 Å². The first kappa shape index (κ1) is 27.7. The highest BCUT2D eigenvalue weighted by Crippen LogP contribution is 2.23. The smallest absolute Gasteiger partial charge is 0.475 e. The van der Waals surface area contributed by atoms with Gasteiger partial charge in [-0.1, -0.05) is 30.2 Å². The number of hydrogen-bond donors (Lipinski definition) is 2. The Kier molecular flexibility index (Phi) is 8.69. The lowest BCUT2D eigenvalue weighted by atomic mass is 10.2. The molecule has 14 heteroatoms. The average molecular weight is 526 g/mol. The fourth-order valence-electron chi connectivity index (χ4n) is 3.64. The Labute approximate surface area is 214 Å². The number of carboxylic acids is 1. The van der Waals surface area contributed by atoms with Gasteiger partial charge in [-0.3, -0.25) is 9.13 Å². The van der Waals surface area contributed by atoms with Gasteiger partial charge in [-0.05, 0) is 12.5 Å². The van der Waals surface area contributed by atoms with Gasteiger partial charge in [-0.15, -0.1) is 17.5 Å². The van der Waals surface area contributed by atoms with Gasteiger partial charge in [0.15, 0.2) is 11.2 Å². The lowest BCUT2D eigenvalue weighted by Gasteiger charge is -2.28. The van der Waals surface area contributed by atoms with Gasteiger partial charge < -0.3 is 20.2 Å². The molecule has 4 rings (SSSR count). The molecule has 0 radical (unpaired) electrons. The van der Waals surface area contributed by atoms with E-state index in [9.17, 15) is 18.0 Å². The molecule has 0 spiro atoms. The minimum absolute atomic E-state index is 0.0243. The zero-order valence-electron chi connectivity index (χ0n) is 20.1. The Hall–Kier alpha value is -4.87. The molecule has 0 bridgehead atoms. The molecule has 0 amide bonds. The van der Waals surface area contributed by atoms with Crippen molar-refractivity contribution in [2.45, 2.75) is 26.2 Å². The number of anilines is 1. The van der Waals surface area contributed by atoms with Crippen molar-refractivity contribution in [1.29, 1.82) is 0 Å². The summed E-state index contributed by atoms with van der Waals surface area (Å²) in [5.41, 5.74) is 1.49. The molecule has 0 atom stereocenters. The third kappa shape index (κ3) is 6.27. The van der Waals surface area contributed by atoms with Crippen LogP contribution in [0.5, 0.6) is 0 Å². The van der Waals surface area contributed by atoms with Crippen LogP contribution in [0, 0.1) is 25.0 Å². The molecule has 11 nitrogen and oxygen atoms in total. The van der Waals surface area contributed by atoms with Crippen LogP contribution in [-0.2, 0) is 17.9 Å². The lowest BCUT2D eigenvalue weighted by Crippen LogP contribution is -2.44. The molecular formula is C24H21F3N8O3. The number of imidazole rings is 1. The number of halogens is 3. The van der Waals surface area contributed by atoms with Gasteiger partial charge in [0.25, 0.3) is 0 Å². The van der Waals surface area contributed by atoms with Crippen LogP contribution in [0.15, 0.2) is 29.1 Å². The van der Waals surface area contributed by atoms with Crippen molar-refractivity contribution >= 4 is 34.7 Å². The highest BCUT2D eigenvalue weighted by Gasteiger charge is 2.38. The van der Waals surface area contributed by atoms with E-state index < -0.39 is 12.1 Å². The van der Waals surface area contributed by atoms with Crippen molar-refractivity contribution in [3.05, 3.63) is 63.0 Å². The number of aliphatic carboxylic acids is 1. The Morgan fingerprint density at radius 3 is 2.45 bits per heavy atom. The number of fused-ring (bicyclic) bond motifs is 1. The van der Waals surface area contributed by atoms with Crippen LogP contribution in [-0.4, -0.2) is 62.5 Å². The Balaban J connectivity index is 0.000000505. The number of piperazine rings is 1. The van der Waals surface area contributed by atoms with Crippen molar-refractivity contribution < 1.29 is 23.1 Å². The van der Waals surface area contributed by atoms with E-state index in [2.05, 4.69) is 41.7 Å². The highest BCUT2D eigenvalue weighted by molar-refractivity contribution is 5.76. The first-order valence-electron chi connectivity index (χ1n) is 11.1. The van der Waals surface area contributed by atoms with Crippen LogP contribution in [0.4, 0.5) is 30.8 Å². The summed E-state index contributed by atoms with van der Waals surface area (Å²) in [5, 5.41) is 10.4. The summed E-state index contributed by atoms with van der Waals surface area (Å²) in [5.74, 6) is 3.76. The number of carbonyl (C=O) groups is 1. The summed E-state index contributed by atoms with van der Waals surface area (Å²) in [6.07, 6.45) is -5.08. The van der Waals surface area contributed by atoms with Crippen LogP contribution in [0.3, 0.4) is 0 Å². The van der Waals surface area contributed by atoms with Crippen LogP contribution in [0.2, 0.25) is 0 Å². The first-order chi connectivity index (χ1) is 18.1. The minimum Gasteiger partial charge on any atom is -0.475 e. The molecule has 2 aromatic heterocycles. The molecule has 3 heterocycles. The third-order valence-corrected chi connectivity index (χ3v) is 5.36. The number of benzene rings is 1. The van der Waals surface area contributed by atoms with Gasteiger partial charge in [0.1, 0.15) is 0 Å². The summed E-state index contributed by atoms with van der Waals surface area (Å²) >= 11 is 0. The normalized spacial score (nSPS) is 12.9. The van der Waals surface area contributed by atoms with Crippen molar-refractivity contribution in [3.63, 3.8) is 0 Å². The molecule has 1 aromatic carbocycles. The molecule has 1 saturated heterocycles. The van der Waals surface area contributed by atoms with E-state index in [1.54, 1.807) is 29.7 Å². The summed E-state index contributed by atoms with van der Waals surface area (Å²) in [7, 11) is 0. The SMILES string of the molecule is O=C(O)C(F)(F)F.[C-]#[N+]c1cccc(Cn2c([N+]#[C-])nc3nc(N4CCNCC4)n(CC#CC)c3c2=O)c1. The van der Waals surface area contributed by atoms with Gasteiger partial charge in [0, 0.05) is 26.2 Å². The highest BCUT2D eigenvalue weighted by atomic mass is 19.4. The molecule has 1 fully saturated rings. The number of carboxylic acid groups (broad SMARTS) is 1. The van der Waals surface area contributed by atoms with Crippen molar-refractivity contribution in [3.8, 4) is 11.8 Å². The van der Waals surface area contributed by atoms with Crippen LogP contribution in [0.25, 0.3) is 20.9 Å². The van der Waals surface area contributed by atoms with E-state index >= 15 is 0 Å². The number of alkyl halides is 3. The summed E-state index contributed by atoms with van der Waals surface area (Å²) < 4.78 is 34.9. The predicted molar refractivity (Wildman–Crippen MR) is 132 cm³/mol. The maximum Gasteiger partial charge on any atom is 0.490 e. The van der Waals surface area contributed by atoms with Gasteiger partial charge in [0.2, 0.25) is 11.6 Å². The molecular weight excluding hydrogens is 505 g/mol. The van der Waals surface area contributed by atoms with E-state index in [1.807, 2.05) is 6.07 Å². The molecule has 1 aliphatic heterocycles. The molecule has 0 unspecified atom stereocenters. The van der Waals surface area contributed by atoms with E-state index in [-0.39, 0.29) is 23.7 Å². The van der Waals surface area contributed by atoms with Crippen LogP contribution < -0.4 is 15.8 Å². The Morgan fingerprint density at radius 2 is 1.87 bits per heavy atom. The molecule has 2 N–H and O–H groups in total. The fraction of sp³-hybridized carbons (Fsp3) is 0.333. The van der Waals surface area contributed by atoms with Gasteiger partial charge >= 0.3 is 23.7 Å². The standard InChI is InChI=1S/C22H20N8O.C2HF3O2/c1-4-5-11-29-18-19(27-22(29)28-12-9-25-10-13-28)26-21(24-3)30(20(18)31)15-16-7-6-8-17(14-16)23-2;3-2(4,5)1(6)7/h6-8,14,25H,9-13,15H2,1H3;(H,6,7). The number of nitrogens with one attached hydrogen (secondary N) is 1. The van der Waals surface area contributed by atoms with Gasteiger partial charge in [-0.25, -0.2) is 14.4 Å². The van der Waals surface area contributed by atoms with Gasteiger partial charge in [-0.2, -0.15) is 18.2 Å². The second-order valence-corrected chi connectivity index (χ2v) is 7.83. The van der Waals surface area contributed by atoms with Crippen molar-refractivity contribution in [1.82, 2.24) is 24.4 Å². The molecule has 196 valence electrons. The van der Waals surface area contributed by atoms with Gasteiger partial charge in [0.05, 0.1) is 19.7 Å². The molecule has 0 saturated carbocycles. The number of aromatic nitrogens is 4. The van der Waals surface area contributed by atoms with Crippen molar-refractivity contribution in [2.75, 3.05) is 31.1 Å². The average Bonchev–Trinajstić information content (AvgIpc) is 3.27. The summed E-state index contributed by atoms with van der Waals surface area (Å²) in [4.78, 5) is 40.5. The Bertz CT molecular complexity index is 1550. The maximum atomic E-state index is 13.5. The lowest BCUT2D eigenvalue weighted by molar-refractivity contribution is -0.192. The quantitative estimate of drug-likeness (QED) is 0.397. The summed E-state index contributed by atoms with van der Waals surface area (Å²) in [6.45, 7) is 20.1. The zero-order valence-corrected chi connectivity index (χ0v) is 20.1. The van der Waals surface area contributed by atoms with Crippen LogP contribution >= 0.6 is 0 Å². The second-order valence-electron chi connectivity index (χ2n) is 7.83. The predicted octanol–water partition coefficient (Wildman–Crippen LogP) is 2.81. The first-order valence-corrected chi connectivity index (χ1v) is 11.1. The summed E-state index contributed by atoms with van der Waals surface area (Å²) in [6, 6.07) is 7.00. The van der Waals surface area contributed by atoms with E-state index in [1.165, 1.54) is 4.57 Å². The molecule has 0 aliphatic carbocycles. The maximum absolute atomic E-state index is 13.5. The molecule has 38 heavy (non-hydrogen) atoms. The topological polar surface area (TPSA) is 114 Å². The number of nitrogens with zero attached hydrogens (tertiary/aromatic N) is 7.